The van der Waals surface area contributed by atoms with E-state index >= 15 is 0 Å². The number of benzene rings is 1. The van der Waals surface area contributed by atoms with Crippen molar-refractivity contribution in [3.63, 3.8) is 0 Å². The molecule has 4 nitrogen and oxygen atoms in total. The van der Waals surface area contributed by atoms with E-state index in [4.69, 9.17) is 9.84 Å². The Labute approximate surface area is 107 Å². The van der Waals surface area contributed by atoms with Crippen LogP contribution in [-0.4, -0.2) is 35.3 Å². The lowest BCUT2D eigenvalue weighted by Crippen LogP contribution is -2.22. The molecular weight excluding hydrogens is 232 g/mol. The highest BCUT2D eigenvalue weighted by molar-refractivity contribution is 5.83. The molecule has 100 valence electrons. The third-order valence-corrected chi connectivity index (χ3v) is 2.58. The molecule has 0 aliphatic carbocycles. The number of hydrogen-bond acceptors (Lipinski definition) is 4. The van der Waals surface area contributed by atoms with Crippen LogP contribution in [0.15, 0.2) is 24.3 Å². The van der Waals surface area contributed by atoms with Gasteiger partial charge in [-0.15, -0.1) is 0 Å². The second-order valence-corrected chi connectivity index (χ2v) is 4.15. The summed E-state index contributed by atoms with van der Waals surface area (Å²) in [5, 5.41) is 18.3. The van der Waals surface area contributed by atoms with Crippen molar-refractivity contribution in [2.45, 2.75) is 32.3 Å². The third-order valence-electron chi connectivity index (χ3n) is 2.58. The molecule has 0 aliphatic heterocycles. The molecule has 0 amide bonds. The summed E-state index contributed by atoms with van der Waals surface area (Å²) in [5.74, 6) is 0.556. The second-order valence-electron chi connectivity index (χ2n) is 4.15. The molecule has 0 fully saturated rings. The topological polar surface area (TPSA) is 66.8 Å². The Balaban J connectivity index is 2.50. The standard InChI is InChI=1S/C14H20O4/c1-2-3-13(16)14(17)10-11-4-6-12(7-5-11)18-9-8-15/h4-7,14-15,17H,2-3,8-10H2,1H3. The van der Waals surface area contributed by atoms with Crippen LogP contribution in [0.2, 0.25) is 0 Å². The maximum absolute atomic E-state index is 11.5. The van der Waals surface area contributed by atoms with Crippen LogP contribution in [0, 0.1) is 0 Å². The van der Waals surface area contributed by atoms with Crippen LogP contribution in [0.3, 0.4) is 0 Å². The van der Waals surface area contributed by atoms with E-state index in [1.165, 1.54) is 0 Å². The van der Waals surface area contributed by atoms with Gasteiger partial charge in [0.25, 0.3) is 0 Å². The van der Waals surface area contributed by atoms with E-state index in [-0.39, 0.29) is 19.0 Å². The quantitative estimate of drug-likeness (QED) is 0.732. The summed E-state index contributed by atoms with van der Waals surface area (Å²) in [6, 6.07) is 7.16. The zero-order chi connectivity index (χ0) is 13.4. The normalized spacial score (nSPS) is 12.2. The predicted octanol–water partition coefficient (Wildman–Crippen LogP) is 1.33. The smallest absolute Gasteiger partial charge is 0.161 e. The Morgan fingerprint density at radius 2 is 2.00 bits per heavy atom. The number of rotatable bonds is 8. The fraction of sp³-hybridized carbons (Fsp3) is 0.500. The average Bonchev–Trinajstić information content (AvgIpc) is 2.38. The van der Waals surface area contributed by atoms with E-state index in [9.17, 15) is 9.90 Å². The molecule has 0 bridgehead atoms. The van der Waals surface area contributed by atoms with E-state index in [1.54, 1.807) is 12.1 Å². The van der Waals surface area contributed by atoms with Crippen LogP contribution in [-0.2, 0) is 11.2 Å². The summed E-state index contributed by atoms with van der Waals surface area (Å²) in [4.78, 5) is 11.5. The molecule has 1 atom stereocenters. The number of carbonyl (C=O) groups is 1. The molecule has 0 aromatic heterocycles. The fourth-order valence-electron chi connectivity index (χ4n) is 1.64. The summed E-state index contributed by atoms with van der Waals surface area (Å²) in [7, 11) is 0. The van der Waals surface area contributed by atoms with Crippen molar-refractivity contribution < 1.29 is 19.7 Å². The largest absolute Gasteiger partial charge is 0.491 e. The van der Waals surface area contributed by atoms with Gasteiger partial charge >= 0.3 is 0 Å². The Morgan fingerprint density at radius 3 is 2.56 bits per heavy atom. The number of ether oxygens (including phenoxy) is 1. The monoisotopic (exact) mass is 252 g/mol. The van der Waals surface area contributed by atoms with Crippen molar-refractivity contribution >= 4 is 5.78 Å². The van der Waals surface area contributed by atoms with E-state index in [2.05, 4.69) is 0 Å². The van der Waals surface area contributed by atoms with Gasteiger partial charge in [-0.05, 0) is 24.1 Å². The van der Waals surface area contributed by atoms with Crippen LogP contribution in [0.5, 0.6) is 5.75 Å². The van der Waals surface area contributed by atoms with Crippen LogP contribution >= 0.6 is 0 Å². The molecule has 0 radical (unpaired) electrons. The number of ketones is 1. The van der Waals surface area contributed by atoms with Crippen molar-refractivity contribution in [1.82, 2.24) is 0 Å². The predicted molar refractivity (Wildman–Crippen MR) is 68.6 cm³/mol. The molecule has 0 spiro atoms. The van der Waals surface area contributed by atoms with Gasteiger partial charge in [-0.1, -0.05) is 19.1 Å². The number of aliphatic hydroxyl groups excluding tert-OH is 2. The number of carbonyl (C=O) groups excluding carboxylic acids is 1. The van der Waals surface area contributed by atoms with Gasteiger partial charge in [0.2, 0.25) is 0 Å². The van der Waals surface area contributed by atoms with Crippen molar-refractivity contribution in [1.29, 1.82) is 0 Å². The Kier molecular flexibility index (Phi) is 6.39. The van der Waals surface area contributed by atoms with Crippen molar-refractivity contribution in [3.05, 3.63) is 29.8 Å². The summed E-state index contributed by atoms with van der Waals surface area (Å²) in [6.45, 7) is 2.15. The molecule has 1 unspecified atom stereocenters. The first-order chi connectivity index (χ1) is 8.67. The van der Waals surface area contributed by atoms with Gasteiger partial charge in [0, 0.05) is 12.8 Å². The van der Waals surface area contributed by atoms with Gasteiger partial charge in [0.05, 0.1) is 6.61 Å². The van der Waals surface area contributed by atoms with Gasteiger partial charge in [0.15, 0.2) is 5.78 Å². The zero-order valence-corrected chi connectivity index (χ0v) is 10.6. The van der Waals surface area contributed by atoms with Gasteiger partial charge in [0.1, 0.15) is 18.5 Å². The lowest BCUT2D eigenvalue weighted by Gasteiger charge is -2.10. The molecule has 0 saturated heterocycles. The molecular formula is C14H20O4. The van der Waals surface area contributed by atoms with Crippen LogP contribution < -0.4 is 4.74 Å². The van der Waals surface area contributed by atoms with Crippen molar-refractivity contribution in [3.8, 4) is 5.75 Å². The van der Waals surface area contributed by atoms with Crippen LogP contribution in [0.1, 0.15) is 25.3 Å². The maximum Gasteiger partial charge on any atom is 0.161 e. The highest BCUT2D eigenvalue weighted by atomic mass is 16.5. The lowest BCUT2D eigenvalue weighted by atomic mass is 10.0. The molecule has 1 aromatic rings. The first kappa shape index (κ1) is 14.7. The zero-order valence-electron chi connectivity index (χ0n) is 10.6. The summed E-state index contributed by atoms with van der Waals surface area (Å²) in [5.41, 5.74) is 0.892. The second kappa shape index (κ2) is 7.84. The summed E-state index contributed by atoms with van der Waals surface area (Å²) in [6.07, 6.45) is 0.580. The maximum atomic E-state index is 11.5. The van der Waals surface area contributed by atoms with E-state index in [0.29, 0.717) is 18.6 Å². The molecule has 2 N–H and O–H groups in total. The van der Waals surface area contributed by atoms with Gasteiger partial charge in [-0.25, -0.2) is 0 Å². The lowest BCUT2D eigenvalue weighted by molar-refractivity contribution is -0.127. The molecule has 0 saturated carbocycles. The van der Waals surface area contributed by atoms with Gasteiger partial charge in [-0.2, -0.15) is 0 Å². The molecule has 1 aromatic carbocycles. The minimum atomic E-state index is -0.922. The molecule has 4 heteroatoms. The van der Waals surface area contributed by atoms with E-state index < -0.39 is 6.10 Å². The first-order valence-electron chi connectivity index (χ1n) is 6.20. The average molecular weight is 252 g/mol. The SMILES string of the molecule is CCCC(=O)C(O)Cc1ccc(OCCO)cc1. The van der Waals surface area contributed by atoms with Gasteiger partial charge in [-0.3, -0.25) is 4.79 Å². The van der Waals surface area contributed by atoms with Crippen LogP contribution in [0.25, 0.3) is 0 Å². The van der Waals surface area contributed by atoms with E-state index in [0.717, 1.165) is 12.0 Å². The van der Waals surface area contributed by atoms with Crippen LogP contribution in [0.4, 0.5) is 0 Å². The molecule has 18 heavy (non-hydrogen) atoms. The minimum absolute atomic E-state index is 0.0218. The molecule has 0 heterocycles. The number of hydrogen-bond donors (Lipinski definition) is 2. The van der Waals surface area contributed by atoms with Crippen molar-refractivity contribution in [2.24, 2.45) is 0 Å². The Bertz CT molecular complexity index is 359. The minimum Gasteiger partial charge on any atom is -0.491 e. The highest BCUT2D eigenvalue weighted by Crippen LogP contribution is 2.14. The van der Waals surface area contributed by atoms with Crippen molar-refractivity contribution in [2.75, 3.05) is 13.2 Å². The third kappa shape index (κ3) is 4.85. The highest BCUT2D eigenvalue weighted by Gasteiger charge is 2.14. The Hall–Kier alpha value is -1.39. The first-order valence-corrected chi connectivity index (χ1v) is 6.20. The van der Waals surface area contributed by atoms with E-state index in [1.807, 2.05) is 19.1 Å². The van der Waals surface area contributed by atoms with Gasteiger partial charge < -0.3 is 14.9 Å². The Morgan fingerprint density at radius 1 is 1.33 bits per heavy atom. The molecule has 0 aliphatic rings. The summed E-state index contributed by atoms with van der Waals surface area (Å²) >= 11 is 0. The summed E-state index contributed by atoms with van der Waals surface area (Å²) < 4.78 is 5.22. The number of Topliss-reactive ketones (excluding diaryl/α,β-unsaturated/α-hetero) is 1. The molecule has 1 rings (SSSR count). The number of aliphatic hydroxyl groups is 2. The fourth-order valence-corrected chi connectivity index (χ4v) is 1.64.